The van der Waals surface area contributed by atoms with Crippen LogP contribution in [0.1, 0.15) is 21.5 Å². The first-order chi connectivity index (χ1) is 12.6. The molecule has 0 saturated heterocycles. The van der Waals surface area contributed by atoms with Crippen molar-refractivity contribution in [2.24, 2.45) is 0 Å². The van der Waals surface area contributed by atoms with Gasteiger partial charge in [0.15, 0.2) is 0 Å². The molecule has 0 spiro atoms. The smallest absolute Gasteiger partial charge is 0.322 e. The molecule has 128 valence electrons. The maximum atomic E-state index is 12.6. The van der Waals surface area contributed by atoms with Crippen molar-refractivity contribution in [3.63, 3.8) is 0 Å². The number of nitrogens with zero attached hydrogens (tertiary/aromatic N) is 2. The summed E-state index contributed by atoms with van der Waals surface area (Å²) in [7, 11) is 0. The number of carbonyl (C=O) groups excluding carboxylic acids is 1. The van der Waals surface area contributed by atoms with Crippen molar-refractivity contribution in [1.82, 2.24) is 10.2 Å². The van der Waals surface area contributed by atoms with Gasteiger partial charge in [-0.3, -0.25) is 10.1 Å². The van der Waals surface area contributed by atoms with Crippen LogP contribution < -0.4 is 5.32 Å². The molecule has 1 heterocycles. The van der Waals surface area contributed by atoms with Gasteiger partial charge < -0.3 is 4.42 Å². The zero-order chi connectivity index (χ0) is 18.1. The van der Waals surface area contributed by atoms with E-state index in [1.807, 2.05) is 68.4 Å². The largest absolute Gasteiger partial charge is 0.403 e. The number of aromatic nitrogens is 2. The van der Waals surface area contributed by atoms with Crippen LogP contribution in [0.25, 0.3) is 22.2 Å². The summed E-state index contributed by atoms with van der Waals surface area (Å²) in [5.74, 6) is 0.105. The maximum absolute atomic E-state index is 12.6. The molecule has 26 heavy (non-hydrogen) atoms. The lowest BCUT2D eigenvalue weighted by molar-refractivity contribution is 0.102. The third-order valence-corrected chi connectivity index (χ3v) is 4.29. The van der Waals surface area contributed by atoms with E-state index in [2.05, 4.69) is 15.5 Å². The third kappa shape index (κ3) is 2.95. The van der Waals surface area contributed by atoms with Crippen molar-refractivity contribution in [1.29, 1.82) is 0 Å². The van der Waals surface area contributed by atoms with Gasteiger partial charge in [-0.25, -0.2) is 0 Å². The summed E-state index contributed by atoms with van der Waals surface area (Å²) in [5, 5.41) is 12.6. The second-order valence-electron chi connectivity index (χ2n) is 6.21. The molecule has 0 aliphatic carbocycles. The number of hydrogen-bond donors (Lipinski definition) is 1. The van der Waals surface area contributed by atoms with Gasteiger partial charge in [-0.15, -0.1) is 5.10 Å². The molecule has 0 aliphatic heterocycles. The fourth-order valence-electron chi connectivity index (χ4n) is 3.02. The number of amides is 1. The highest BCUT2D eigenvalue weighted by atomic mass is 16.4. The molecule has 3 aromatic carbocycles. The standard InChI is InChI=1S/C21H17N3O2/c1-13-10-11-16(14(2)12-13)20-23-24-21(26-20)22-19(25)18-9-5-7-15-6-3-4-8-17(15)18/h3-12H,1-2H3,(H,22,24,25). The summed E-state index contributed by atoms with van der Waals surface area (Å²) >= 11 is 0. The van der Waals surface area contributed by atoms with Crippen LogP contribution in [0.5, 0.6) is 0 Å². The van der Waals surface area contributed by atoms with Gasteiger partial charge in [0.2, 0.25) is 5.89 Å². The van der Waals surface area contributed by atoms with Crippen LogP contribution in [-0.2, 0) is 0 Å². The molecular formula is C21H17N3O2. The Morgan fingerprint density at radius 3 is 2.62 bits per heavy atom. The zero-order valence-electron chi connectivity index (χ0n) is 14.5. The Morgan fingerprint density at radius 2 is 1.77 bits per heavy atom. The molecule has 0 atom stereocenters. The molecular weight excluding hydrogens is 326 g/mol. The fraction of sp³-hybridized carbons (Fsp3) is 0.0952. The minimum Gasteiger partial charge on any atom is -0.403 e. The van der Waals surface area contributed by atoms with E-state index in [0.717, 1.165) is 27.5 Å². The van der Waals surface area contributed by atoms with Gasteiger partial charge in [-0.05, 0) is 42.3 Å². The van der Waals surface area contributed by atoms with Crippen molar-refractivity contribution in [3.8, 4) is 11.5 Å². The number of carbonyl (C=O) groups is 1. The molecule has 1 aromatic heterocycles. The lowest BCUT2D eigenvalue weighted by Gasteiger charge is -2.05. The number of hydrogen-bond acceptors (Lipinski definition) is 4. The molecule has 0 radical (unpaired) electrons. The Balaban J connectivity index is 1.62. The minimum atomic E-state index is -0.280. The van der Waals surface area contributed by atoms with Gasteiger partial charge in [-0.2, -0.15) is 0 Å². The monoisotopic (exact) mass is 343 g/mol. The normalized spacial score (nSPS) is 10.8. The molecule has 5 nitrogen and oxygen atoms in total. The van der Waals surface area contributed by atoms with E-state index in [0.29, 0.717) is 11.5 Å². The molecule has 0 unspecified atom stereocenters. The highest BCUT2D eigenvalue weighted by Gasteiger charge is 2.15. The van der Waals surface area contributed by atoms with E-state index < -0.39 is 0 Å². The molecule has 1 amide bonds. The first kappa shape index (κ1) is 16.0. The summed E-state index contributed by atoms with van der Waals surface area (Å²) in [5.41, 5.74) is 3.62. The molecule has 1 N–H and O–H groups in total. The number of rotatable bonds is 3. The van der Waals surface area contributed by atoms with Gasteiger partial charge in [0.25, 0.3) is 5.91 Å². The molecule has 4 rings (SSSR count). The van der Waals surface area contributed by atoms with E-state index in [-0.39, 0.29) is 11.9 Å². The van der Waals surface area contributed by atoms with Gasteiger partial charge >= 0.3 is 6.01 Å². The number of anilines is 1. The zero-order valence-corrected chi connectivity index (χ0v) is 14.5. The van der Waals surface area contributed by atoms with Crippen LogP contribution >= 0.6 is 0 Å². The molecule has 0 aliphatic rings. The molecule has 0 bridgehead atoms. The predicted molar refractivity (Wildman–Crippen MR) is 101 cm³/mol. The third-order valence-electron chi connectivity index (χ3n) is 4.29. The number of benzene rings is 3. The van der Waals surface area contributed by atoms with Crippen LogP contribution in [0.4, 0.5) is 6.01 Å². The maximum Gasteiger partial charge on any atom is 0.322 e. The average molecular weight is 343 g/mol. The fourth-order valence-corrected chi connectivity index (χ4v) is 3.02. The SMILES string of the molecule is Cc1ccc(-c2nnc(NC(=O)c3cccc4ccccc34)o2)c(C)c1. The topological polar surface area (TPSA) is 68.0 Å². The average Bonchev–Trinajstić information content (AvgIpc) is 3.09. The van der Waals surface area contributed by atoms with Crippen molar-refractivity contribution in [2.45, 2.75) is 13.8 Å². The van der Waals surface area contributed by atoms with Crippen LogP contribution in [0.3, 0.4) is 0 Å². The van der Waals surface area contributed by atoms with Crippen molar-refractivity contribution in [3.05, 3.63) is 77.4 Å². The summed E-state index contributed by atoms with van der Waals surface area (Å²) in [6.07, 6.45) is 0. The molecule has 5 heteroatoms. The van der Waals surface area contributed by atoms with Crippen LogP contribution in [0.15, 0.2) is 65.1 Å². The van der Waals surface area contributed by atoms with Gasteiger partial charge in [0.1, 0.15) is 0 Å². The lowest BCUT2D eigenvalue weighted by Crippen LogP contribution is -2.12. The van der Waals surface area contributed by atoms with E-state index in [9.17, 15) is 4.79 Å². The lowest BCUT2D eigenvalue weighted by atomic mass is 10.0. The van der Waals surface area contributed by atoms with Crippen molar-refractivity contribution < 1.29 is 9.21 Å². The summed E-state index contributed by atoms with van der Waals surface area (Å²) < 4.78 is 5.64. The highest BCUT2D eigenvalue weighted by molar-refractivity contribution is 6.12. The Hall–Kier alpha value is -3.47. The van der Waals surface area contributed by atoms with Crippen molar-refractivity contribution in [2.75, 3.05) is 5.32 Å². The van der Waals surface area contributed by atoms with Gasteiger partial charge in [0, 0.05) is 11.1 Å². The minimum absolute atomic E-state index is 0.0814. The molecule has 0 fully saturated rings. The van der Waals surface area contributed by atoms with Gasteiger partial charge in [0.05, 0.1) is 0 Å². The summed E-state index contributed by atoms with van der Waals surface area (Å²) in [4.78, 5) is 12.6. The van der Waals surface area contributed by atoms with Crippen LogP contribution in [-0.4, -0.2) is 16.1 Å². The highest BCUT2D eigenvalue weighted by Crippen LogP contribution is 2.25. The molecule has 4 aromatic rings. The van der Waals surface area contributed by atoms with Crippen LogP contribution in [0, 0.1) is 13.8 Å². The Morgan fingerprint density at radius 1 is 0.962 bits per heavy atom. The van der Waals surface area contributed by atoms with Gasteiger partial charge in [-0.1, -0.05) is 59.2 Å². The quantitative estimate of drug-likeness (QED) is 0.582. The summed E-state index contributed by atoms with van der Waals surface area (Å²) in [6.45, 7) is 4.02. The van der Waals surface area contributed by atoms with Crippen LogP contribution in [0.2, 0.25) is 0 Å². The summed E-state index contributed by atoms with van der Waals surface area (Å²) in [6, 6.07) is 19.4. The first-order valence-corrected chi connectivity index (χ1v) is 8.32. The second-order valence-corrected chi connectivity index (χ2v) is 6.21. The van der Waals surface area contributed by atoms with E-state index in [1.165, 1.54) is 0 Å². The predicted octanol–water partition coefficient (Wildman–Crippen LogP) is 4.76. The Bertz CT molecular complexity index is 1110. The number of aryl methyl sites for hydroxylation is 2. The van der Waals surface area contributed by atoms with E-state index >= 15 is 0 Å². The first-order valence-electron chi connectivity index (χ1n) is 8.32. The molecule has 0 saturated carbocycles. The van der Waals surface area contributed by atoms with E-state index in [4.69, 9.17) is 4.42 Å². The number of nitrogens with one attached hydrogen (secondary N) is 1. The Labute approximate surface area is 150 Å². The Kier molecular flexibility index (Phi) is 3.97. The number of fused-ring (bicyclic) bond motifs is 1. The van der Waals surface area contributed by atoms with Crippen molar-refractivity contribution >= 4 is 22.7 Å². The second kappa shape index (κ2) is 6.44. The van der Waals surface area contributed by atoms with E-state index in [1.54, 1.807) is 6.07 Å².